The van der Waals surface area contributed by atoms with Crippen LogP contribution in [0.1, 0.15) is 6.42 Å². The fourth-order valence-corrected chi connectivity index (χ4v) is 2.57. The first-order valence-corrected chi connectivity index (χ1v) is 8.87. The fourth-order valence-electron chi connectivity index (χ4n) is 2.57. The second-order valence-electron chi connectivity index (χ2n) is 5.95. The first-order chi connectivity index (χ1) is 13.3. The minimum atomic E-state index is 0.670. The lowest BCUT2D eigenvalue weighted by molar-refractivity contribution is 0.198. The summed E-state index contributed by atoms with van der Waals surface area (Å²) in [6.07, 6.45) is 0.905. The van der Waals surface area contributed by atoms with E-state index in [1.165, 1.54) is 0 Å². The van der Waals surface area contributed by atoms with E-state index in [0.29, 0.717) is 12.4 Å². The van der Waals surface area contributed by atoms with Crippen molar-refractivity contribution in [2.24, 2.45) is 0 Å². The van der Waals surface area contributed by atoms with Crippen LogP contribution in [0.5, 0.6) is 5.75 Å². The van der Waals surface area contributed by atoms with Gasteiger partial charge in [0.15, 0.2) is 5.82 Å². The Morgan fingerprint density at radius 2 is 1.63 bits per heavy atom. The molecule has 0 aliphatic heterocycles. The summed E-state index contributed by atoms with van der Waals surface area (Å²) < 4.78 is 10.3. The molecule has 0 aliphatic carbocycles. The summed E-state index contributed by atoms with van der Waals surface area (Å²) in [4.78, 5) is 9.32. The number of rotatable bonds is 9. The van der Waals surface area contributed by atoms with Crippen LogP contribution in [0.3, 0.4) is 0 Å². The largest absolute Gasteiger partial charge is 0.497 e. The van der Waals surface area contributed by atoms with E-state index in [9.17, 15) is 0 Å². The zero-order chi connectivity index (χ0) is 18.9. The second kappa shape index (κ2) is 9.54. The van der Waals surface area contributed by atoms with Crippen molar-refractivity contribution >= 4 is 17.3 Å². The van der Waals surface area contributed by atoms with E-state index in [4.69, 9.17) is 9.47 Å². The van der Waals surface area contributed by atoms with Gasteiger partial charge in [-0.3, -0.25) is 0 Å². The highest BCUT2D eigenvalue weighted by molar-refractivity contribution is 5.65. The SMILES string of the molecule is COCCCNc1cc(Nc2ccc(OC)cc2)nc(-c2ccccc2)n1. The zero-order valence-corrected chi connectivity index (χ0v) is 15.6. The monoisotopic (exact) mass is 364 g/mol. The number of aromatic nitrogens is 2. The Balaban J connectivity index is 1.84. The van der Waals surface area contributed by atoms with Gasteiger partial charge in [0.05, 0.1) is 7.11 Å². The van der Waals surface area contributed by atoms with Gasteiger partial charge < -0.3 is 20.1 Å². The normalized spacial score (nSPS) is 10.4. The fraction of sp³-hybridized carbons (Fsp3) is 0.238. The smallest absolute Gasteiger partial charge is 0.163 e. The highest BCUT2D eigenvalue weighted by Crippen LogP contribution is 2.24. The Kier molecular flexibility index (Phi) is 6.60. The van der Waals surface area contributed by atoms with Gasteiger partial charge >= 0.3 is 0 Å². The molecule has 0 atom stereocenters. The molecule has 0 saturated heterocycles. The molecule has 27 heavy (non-hydrogen) atoms. The molecule has 6 heteroatoms. The van der Waals surface area contributed by atoms with Gasteiger partial charge in [0.1, 0.15) is 17.4 Å². The van der Waals surface area contributed by atoms with Crippen molar-refractivity contribution in [2.45, 2.75) is 6.42 Å². The van der Waals surface area contributed by atoms with Gasteiger partial charge in [-0.25, -0.2) is 9.97 Å². The van der Waals surface area contributed by atoms with Crippen LogP contribution in [0.2, 0.25) is 0 Å². The quantitative estimate of drug-likeness (QED) is 0.550. The topological polar surface area (TPSA) is 68.3 Å². The Bertz CT molecular complexity index is 839. The molecule has 6 nitrogen and oxygen atoms in total. The third kappa shape index (κ3) is 5.43. The summed E-state index contributed by atoms with van der Waals surface area (Å²) >= 11 is 0. The van der Waals surface area contributed by atoms with Crippen LogP contribution in [-0.2, 0) is 4.74 Å². The van der Waals surface area contributed by atoms with E-state index in [1.54, 1.807) is 14.2 Å². The lowest BCUT2D eigenvalue weighted by Gasteiger charge is -2.12. The molecule has 0 spiro atoms. The van der Waals surface area contributed by atoms with Crippen LogP contribution in [0, 0.1) is 0 Å². The highest BCUT2D eigenvalue weighted by Gasteiger charge is 2.07. The van der Waals surface area contributed by atoms with Gasteiger partial charge in [0.25, 0.3) is 0 Å². The summed E-state index contributed by atoms with van der Waals surface area (Å²) in [5.41, 5.74) is 1.90. The molecule has 0 fully saturated rings. The third-order valence-corrected chi connectivity index (χ3v) is 3.95. The average molecular weight is 364 g/mol. The third-order valence-electron chi connectivity index (χ3n) is 3.95. The molecule has 2 N–H and O–H groups in total. The van der Waals surface area contributed by atoms with Crippen LogP contribution in [0.4, 0.5) is 17.3 Å². The number of hydrogen-bond acceptors (Lipinski definition) is 6. The van der Waals surface area contributed by atoms with Crippen LogP contribution >= 0.6 is 0 Å². The van der Waals surface area contributed by atoms with Gasteiger partial charge in [-0.05, 0) is 30.7 Å². The average Bonchev–Trinajstić information content (AvgIpc) is 2.72. The van der Waals surface area contributed by atoms with Gasteiger partial charge in [-0.2, -0.15) is 0 Å². The van der Waals surface area contributed by atoms with Crippen molar-refractivity contribution in [3.63, 3.8) is 0 Å². The lowest BCUT2D eigenvalue weighted by atomic mass is 10.2. The van der Waals surface area contributed by atoms with Gasteiger partial charge in [-0.1, -0.05) is 30.3 Å². The van der Waals surface area contributed by atoms with E-state index in [2.05, 4.69) is 20.6 Å². The first-order valence-electron chi connectivity index (χ1n) is 8.87. The predicted octanol–water partition coefficient (Wildman–Crippen LogP) is 4.34. The maximum atomic E-state index is 5.21. The number of nitrogens with one attached hydrogen (secondary N) is 2. The highest BCUT2D eigenvalue weighted by atomic mass is 16.5. The number of nitrogens with zero attached hydrogens (tertiary/aromatic N) is 2. The minimum Gasteiger partial charge on any atom is -0.497 e. The van der Waals surface area contributed by atoms with Gasteiger partial charge in [0.2, 0.25) is 0 Å². The number of benzene rings is 2. The van der Waals surface area contributed by atoms with E-state index >= 15 is 0 Å². The van der Waals surface area contributed by atoms with Gasteiger partial charge in [-0.15, -0.1) is 0 Å². The molecule has 0 amide bonds. The van der Waals surface area contributed by atoms with Crippen LogP contribution in [0.25, 0.3) is 11.4 Å². The maximum Gasteiger partial charge on any atom is 0.163 e. The van der Waals surface area contributed by atoms with Crippen molar-refractivity contribution in [3.8, 4) is 17.1 Å². The molecule has 3 rings (SSSR count). The summed E-state index contributed by atoms with van der Waals surface area (Å²) in [5.74, 6) is 2.98. The van der Waals surface area contributed by atoms with Crippen molar-refractivity contribution in [2.75, 3.05) is 38.0 Å². The summed E-state index contributed by atoms with van der Waals surface area (Å²) in [7, 11) is 3.36. The molecule has 0 radical (unpaired) electrons. The molecule has 3 aromatic rings. The molecule has 0 aliphatic rings. The van der Waals surface area contributed by atoms with Crippen LogP contribution < -0.4 is 15.4 Å². The minimum absolute atomic E-state index is 0.670. The number of methoxy groups -OCH3 is 2. The van der Waals surface area contributed by atoms with Gasteiger partial charge in [0, 0.05) is 37.6 Å². The summed E-state index contributed by atoms with van der Waals surface area (Å²) in [6, 6.07) is 19.6. The van der Waals surface area contributed by atoms with E-state index < -0.39 is 0 Å². The molecule has 1 heterocycles. The summed E-state index contributed by atoms with van der Waals surface area (Å²) in [6.45, 7) is 1.49. The van der Waals surface area contributed by atoms with Crippen molar-refractivity contribution in [1.29, 1.82) is 0 Å². The molecule has 0 saturated carbocycles. The summed E-state index contributed by atoms with van der Waals surface area (Å²) in [5, 5.41) is 6.68. The lowest BCUT2D eigenvalue weighted by Crippen LogP contribution is -2.08. The number of anilines is 3. The van der Waals surface area contributed by atoms with Crippen molar-refractivity contribution in [3.05, 3.63) is 60.7 Å². The predicted molar refractivity (Wildman–Crippen MR) is 109 cm³/mol. The Morgan fingerprint density at radius 1 is 0.889 bits per heavy atom. The van der Waals surface area contributed by atoms with Crippen LogP contribution in [0.15, 0.2) is 60.7 Å². The second-order valence-corrected chi connectivity index (χ2v) is 5.95. The van der Waals surface area contributed by atoms with E-state index in [0.717, 1.165) is 41.6 Å². The zero-order valence-electron chi connectivity index (χ0n) is 15.6. The molecule has 0 bridgehead atoms. The molecule has 140 valence electrons. The Hall–Kier alpha value is -3.12. The molecule has 0 unspecified atom stereocenters. The van der Waals surface area contributed by atoms with E-state index in [1.807, 2.05) is 60.7 Å². The van der Waals surface area contributed by atoms with Crippen molar-refractivity contribution in [1.82, 2.24) is 9.97 Å². The Labute approximate surface area is 159 Å². The van der Waals surface area contributed by atoms with Crippen LogP contribution in [-0.4, -0.2) is 37.3 Å². The number of ether oxygens (including phenoxy) is 2. The molecular formula is C21H24N4O2. The molecular weight excluding hydrogens is 340 g/mol. The Morgan fingerprint density at radius 3 is 2.33 bits per heavy atom. The maximum absolute atomic E-state index is 5.21. The van der Waals surface area contributed by atoms with E-state index in [-0.39, 0.29) is 0 Å². The number of hydrogen-bond donors (Lipinski definition) is 2. The first kappa shape index (κ1) is 18.7. The standard InChI is InChI=1S/C21H24N4O2/c1-26-14-6-13-22-19-15-20(23-17-9-11-18(27-2)12-10-17)25-21(24-19)16-7-4-3-5-8-16/h3-5,7-12,15H,6,13-14H2,1-2H3,(H2,22,23,24,25). The molecule has 1 aromatic heterocycles. The molecule has 2 aromatic carbocycles. The van der Waals surface area contributed by atoms with Crippen molar-refractivity contribution < 1.29 is 9.47 Å².